The summed E-state index contributed by atoms with van der Waals surface area (Å²) < 4.78 is 7.01. The first-order valence-electron chi connectivity index (χ1n) is 19.2. The van der Waals surface area contributed by atoms with Crippen molar-refractivity contribution in [3.8, 4) is 45.1 Å². The van der Waals surface area contributed by atoms with Crippen molar-refractivity contribution >= 4 is 75.3 Å². The van der Waals surface area contributed by atoms with Crippen LogP contribution in [0.2, 0.25) is 0 Å². The van der Waals surface area contributed by atoms with E-state index >= 15 is 0 Å². The van der Waals surface area contributed by atoms with Crippen molar-refractivity contribution in [2.24, 2.45) is 0 Å². The monoisotopic (exact) mass is 744 g/mol. The molecule has 4 aromatic heterocycles. The minimum atomic E-state index is 0.711. The van der Waals surface area contributed by atoms with Crippen molar-refractivity contribution in [2.75, 3.05) is 0 Å². The second kappa shape index (κ2) is 12.6. The summed E-state index contributed by atoms with van der Waals surface area (Å²) in [6.07, 6.45) is 0. The van der Waals surface area contributed by atoms with E-state index in [0.717, 1.165) is 54.9 Å². The number of benzene rings is 8. The first-order chi connectivity index (χ1) is 28.3. The minimum absolute atomic E-state index is 0.711. The van der Waals surface area contributed by atoms with E-state index in [1.807, 2.05) is 0 Å². The van der Waals surface area contributed by atoms with Crippen molar-refractivity contribution in [3.63, 3.8) is 0 Å². The highest BCUT2D eigenvalue weighted by Gasteiger charge is 2.19. The SMILES string of the molecule is c1ccc(-c2nc(-c3cccc(-n4c5ccccc5c5ccccc54)c3)nc3c2sc2ccc(-c4cccc(-n5c6ccccc6c6ccccc65)c4)cc23)cc1. The van der Waals surface area contributed by atoms with Gasteiger partial charge in [-0.15, -0.1) is 11.3 Å². The Morgan fingerprint density at radius 1 is 0.351 bits per heavy atom. The van der Waals surface area contributed by atoms with Gasteiger partial charge in [-0.2, -0.15) is 0 Å². The molecule has 0 saturated heterocycles. The Kier molecular flexibility index (Phi) is 7.06. The molecule has 4 nitrogen and oxygen atoms in total. The van der Waals surface area contributed by atoms with Gasteiger partial charge >= 0.3 is 0 Å². The molecule has 57 heavy (non-hydrogen) atoms. The van der Waals surface area contributed by atoms with E-state index in [1.165, 1.54) is 48.3 Å². The van der Waals surface area contributed by atoms with Gasteiger partial charge in [0.2, 0.25) is 0 Å². The van der Waals surface area contributed by atoms with E-state index in [1.54, 1.807) is 11.3 Å². The summed E-state index contributed by atoms with van der Waals surface area (Å²) >= 11 is 1.77. The van der Waals surface area contributed by atoms with Gasteiger partial charge in [0.1, 0.15) is 0 Å². The Morgan fingerprint density at radius 3 is 1.40 bits per heavy atom. The van der Waals surface area contributed by atoms with Crippen LogP contribution in [0.3, 0.4) is 0 Å². The molecule has 0 fully saturated rings. The van der Waals surface area contributed by atoms with Crippen molar-refractivity contribution in [3.05, 3.63) is 194 Å². The molecule has 5 heteroatoms. The number of aromatic nitrogens is 4. The topological polar surface area (TPSA) is 35.6 Å². The third-order valence-electron chi connectivity index (χ3n) is 11.3. The molecule has 4 heterocycles. The van der Waals surface area contributed by atoms with Crippen LogP contribution in [-0.4, -0.2) is 19.1 Å². The lowest BCUT2D eigenvalue weighted by Crippen LogP contribution is -1.97. The Hall–Kier alpha value is -7.34. The average Bonchev–Trinajstić information content (AvgIpc) is 3.94. The van der Waals surface area contributed by atoms with Crippen LogP contribution in [0.5, 0.6) is 0 Å². The molecule has 0 aliphatic heterocycles. The molecule has 0 aliphatic rings. The number of rotatable bonds is 5. The molecule has 266 valence electrons. The number of fused-ring (bicyclic) bond motifs is 9. The third-order valence-corrected chi connectivity index (χ3v) is 12.5. The van der Waals surface area contributed by atoms with Crippen molar-refractivity contribution in [2.45, 2.75) is 0 Å². The van der Waals surface area contributed by atoms with E-state index < -0.39 is 0 Å². The maximum Gasteiger partial charge on any atom is 0.160 e. The van der Waals surface area contributed by atoms with Crippen LogP contribution in [0.15, 0.2) is 194 Å². The first kappa shape index (κ1) is 32.0. The summed E-state index contributed by atoms with van der Waals surface area (Å²) in [4.78, 5) is 10.8. The van der Waals surface area contributed by atoms with Crippen molar-refractivity contribution < 1.29 is 0 Å². The van der Waals surface area contributed by atoms with Crippen molar-refractivity contribution in [1.82, 2.24) is 19.1 Å². The van der Waals surface area contributed by atoms with E-state index in [9.17, 15) is 0 Å². The summed E-state index contributed by atoms with van der Waals surface area (Å²) in [5.41, 5.74) is 13.3. The molecular formula is C52H32N4S. The van der Waals surface area contributed by atoms with Crippen LogP contribution in [0, 0.1) is 0 Å². The summed E-state index contributed by atoms with van der Waals surface area (Å²) in [5.74, 6) is 0.711. The molecule has 0 atom stereocenters. The summed E-state index contributed by atoms with van der Waals surface area (Å²) in [6.45, 7) is 0. The molecule has 0 amide bonds. The van der Waals surface area contributed by atoms with Crippen molar-refractivity contribution in [1.29, 1.82) is 0 Å². The van der Waals surface area contributed by atoms with Gasteiger partial charge in [0.25, 0.3) is 0 Å². The number of para-hydroxylation sites is 4. The smallest absolute Gasteiger partial charge is 0.160 e. The van der Waals surface area contributed by atoms with Gasteiger partial charge in [-0.05, 0) is 71.8 Å². The fourth-order valence-corrected chi connectivity index (χ4v) is 9.89. The third kappa shape index (κ3) is 4.99. The Balaban J connectivity index is 1.04. The molecule has 12 aromatic rings. The van der Waals surface area contributed by atoms with Crippen LogP contribution in [0.25, 0.3) is 109 Å². The zero-order chi connectivity index (χ0) is 37.5. The Bertz CT molecular complexity index is 3430. The molecule has 12 rings (SSSR count). The molecular weight excluding hydrogens is 713 g/mol. The number of hydrogen-bond acceptors (Lipinski definition) is 3. The lowest BCUT2D eigenvalue weighted by molar-refractivity contribution is 1.17. The van der Waals surface area contributed by atoms with E-state index in [-0.39, 0.29) is 0 Å². The van der Waals surface area contributed by atoms with E-state index in [0.29, 0.717) is 5.82 Å². The van der Waals surface area contributed by atoms with E-state index in [2.05, 4.69) is 203 Å². The zero-order valence-electron chi connectivity index (χ0n) is 30.7. The maximum absolute atomic E-state index is 5.41. The molecule has 0 aliphatic carbocycles. The number of thiophene rings is 1. The van der Waals surface area contributed by atoms with E-state index in [4.69, 9.17) is 9.97 Å². The highest BCUT2D eigenvalue weighted by Crippen LogP contribution is 2.42. The average molecular weight is 745 g/mol. The standard InChI is InChI=1S/C52H32N4S/c1-2-14-33(15-3-1)49-51-50(54-52(53-49)36-17-13-19-38(31-36)56-46-26-10-6-22-41(46)42-23-7-11-27-47(42)56)43-32-35(28-29-48(43)57-51)34-16-12-18-37(30-34)55-44-24-8-4-20-39(44)40-21-5-9-25-45(40)55/h1-32H. The molecule has 0 unspecified atom stereocenters. The van der Waals surface area contributed by atoms with Gasteiger partial charge in [0, 0.05) is 54.1 Å². The van der Waals surface area contributed by atoms with Crippen LogP contribution in [-0.2, 0) is 0 Å². The summed E-state index contributed by atoms with van der Waals surface area (Å²) in [6, 6.07) is 69.5. The summed E-state index contributed by atoms with van der Waals surface area (Å²) in [7, 11) is 0. The normalized spacial score (nSPS) is 11.9. The molecule has 8 aromatic carbocycles. The van der Waals surface area contributed by atoms with Gasteiger partial charge in [0.05, 0.1) is 38.0 Å². The second-order valence-corrected chi connectivity index (χ2v) is 15.6. The fourth-order valence-electron chi connectivity index (χ4n) is 8.75. The predicted octanol–water partition coefficient (Wildman–Crippen LogP) is 14.0. The van der Waals surface area contributed by atoms with Crippen LogP contribution >= 0.6 is 11.3 Å². The Labute approximate surface area is 332 Å². The predicted molar refractivity (Wildman–Crippen MR) is 240 cm³/mol. The van der Waals surface area contributed by atoms with Crippen LogP contribution in [0.1, 0.15) is 0 Å². The molecule has 0 spiro atoms. The van der Waals surface area contributed by atoms with Gasteiger partial charge in [-0.25, -0.2) is 9.97 Å². The minimum Gasteiger partial charge on any atom is -0.309 e. The lowest BCUT2D eigenvalue weighted by Gasteiger charge is -2.11. The van der Waals surface area contributed by atoms with Gasteiger partial charge < -0.3 is 9.13 Å². The highest BCUT2D eigenvalue weighted by atomic mass is 32.1. The Morgan fingerprint density at radius 2 is 0.825 bits per heavy atom. The quantitative estimate of drug-likeness (QED) is 0.176. The maximum atomic E-state index is 5.41. The fraction of sp³-hybridized carbons (Fsp3) is 0. The highest BCUT2D eigenvalue weighted by molar-refractivity contribution is 7.26. The number of hydrogen-bond donors (Lipinski definition) is 0. The van der Waals surface area contributed by atoms with Gasteiger partial charge in [-0.1, -0.05) is 133 Å². The second-order valence-electron chi connectivity index (χ2n) is 14.6. The van der Waals surface area contributed by atoms with Gasteiger partial charge in [0.15, 0.2) is 5.82 Å². The largest absolute Gasteiger partial charge is 0.309 e. The molecule has 0 N–H and O–H groups in total. The van der Waals surface area contributed by atoms with Crippen LogP contribution < -0.4 is 0 Å². The number of nitrogens with zero attached hydrogens (tertiary/aromatic N) is 4. The first-order valence-corrected chi connectivity index (χ1v) is 20.1. The zero-order valence-corrected chi connectivity index (χ0v) is 31.5. The molecule has 0 bridgehead atoms. The van der Waals surface area contributed by atoms with Gasteiger partial charge in [-0.3, -0.25) is 0 Å². The van der Waals surface area contributed by atoms with Crippen LogP contribution in [0.4, 0.5) is 0 Å². The lowest BCUT2D eigenvalue weighted by atomic mass is 10.0. The molecule has 0 radical (unpaired) electrons. The summed E-state index contributed by atoms with van der Waals surface area (Å²) in [5, 5.41) is 6.13. The molecule has 0 saturated carbocycles.